The van der Waals surface area contributed by atoms with Gasteiger partial charge in [0.15, 0.2) is 0 Å². The van der Waals surface area contributed by atoms with E-state index in [1.54, 1.807) is 7.11 Å². The lowest BCUT2D eigenvalue weighted by Crippen LogP contribution is -2.17. The molecule has 4 heteroatoms. The van der Waals surface area contributed by atoms with E-state index in [4.69, 9.17) is 14.2 Å². The summed E-state index contributed by atoms with van der Waals surface area (Å²) in [5.74, 6) is 0.878. The van der Waals surface area contributed by atoms with Crippen molar-refractivity contribution in [2.24, 2.45) is 0 Å². The van der Waals surface area contributed by atoms with Crippen LogP contribution in [-0.2, 0) is 9.47 Å². The fourth-order valence-corrected chi connectivity index (χ4v) is 2.61. The molecule has 1 aliphatic heterocycles. The number of benzene rings is 1. The van der Waals surface area contributed by atoms with Gasteiger partial charge in [0.05, 0.1) is 25.9 Å². The molecule has 1 fully saturated rings. The molecule has 0 radical (unpaired) electrons. The maximum absolute atomic E-state index is 6.06. The highest BCUT2D eigenvalue weighted by atomic mass is 127. The third-order valence-electron chi connectivity index (χ3n) is 2.85. The summed E-state index contributed by atoms with van der Waals surface area (Å²) < 4.78 is 17.6. The van der Waals surface area contributed by atoms with E-state index in [0.717, 1.165) is 29.8 Å². The van der Waals surface area contributed by atoms with Crippen LogP contribution in [0, 0.1) is 0 Å². The van der Waals surface area contributed by atoms with Crippen LogP contribution in [0.1, 0.15) is 18.1 Å². The second kappa shape index (κ2) is 6.56. The average Bonchev–Trinajstić information content (AvgIpc) is 2.89. The molecule has 0 saturated carbocycles. The molecule has 2 atom stereocenters. The number of hydrogen-bond acceptors (Lipinski definition) is 3. The Balaban J connectivity index is 2.04. The van der Waals surface area contributed by atoms with Crippen molar-refractivity contribution in [2.75, 3.05) is 24.8 Å². The van der Waals surface area contributed by atoms with Crippen molar-refractivity contribution in [3.63, 3.8) is 0 Å². The molecule has 1 heterocycles. The molecule has 94 valence electrons. The second-order valence-corrected chi connectivity index (χ2v) is 4.92. The molecular formula is C13H17IO3. The van der Waals surface area contributed by atoms with E-state index in [1.165, 1.54) is 5.56 Å². The third-order valence-corrected chi connectivity index (χ3v) is 3.65. The topological polar surface area (TPSA) is 27.7 Å². The number of hydrogen-bond donors (Lipinski definition) is 0. The van der Waals surface area contributed by atoms with Gasteiger partial charge in [-0.05, 0) is 24.1 Å². The van der Waals surface area contributed by atoms with Crippen LogP contribution in [-0.4, -0.2) is 30.9 Å². The van der Waals surface area contributed by atoms with Crippen molar-refractivity contribution in [1.29, 1.82) is 0 Å². The summed E-state index contributed by atoms with van der Waals surface area (Å²) in [5, 5.41) is 0. The van der Waals surface area contributed by atoms with Gasteiger partial charge in [-0.25, -0.2) is 0 Å². The Morgan fingerprint density at radius 1 is 1.53 bits per heavy atom. The van der Waals surface area contributed by atoms with Crippen LogP contribution in [0.4, 0.5) is 0 Å². The van der Waals surface area contributed by atoms with Crippen LogP contribution < -0.4 is 4.74 Å². The number of methoxy groups -OCH3 is 1. The summed E-state index contributed by atoms with van der Waals surface area (Å²) in [7, 11) is 1.68. The third kappa shape index (κ3) is 3.56. The molecule has 0 aliphatic carbocycles. The first-order valence-corrected chi connectivity index (χ1v) is 7.29. The van der Waals surface area contributed by atoms with Gasteiger partial charge < -0.3 is 14.2 Å². The van der Waals surface area contributed by atoms with Crippen molar-refractivity contribution in [3.8, 4) is 5.75 Å². The fraction of sp³-hybridized carbons (Fsp3) is 0.538. The van der Waals surface area contributed by atoms with Crippen LogP contribution in [0.15, 0.2) is 24.3 Å². The minimum Gasteiger partial charge on any atom is -0.497 e. The number of alkyl halides is 1. The second-order valence-electron chi connectivity index (χ2n) is 4.04. The molecule has 0 spiro atoms. The zero-order chi connectivity index (χ0) is 12.1. The molecule has 17 heavy (non-hydrogen) atoms. The predicted octanol–water partition coefficient (Wildman–Crippen LogP) is 2.98. The molecule has 1 aromatic carbocycles. The van der Waals surface area contributed by atoms with Crippen LogP contribution in [0.3, 0.4) is 0 Å². The van der Waals surface area contributed by atoms with Crippen LogP contribution in [0.5, 0.6) is 5.75 Å². The summed E-state index contributed by atoms with van der Waals surface area (Å²) in [6, 6.07) is 8.08. The van der Waals surface area contributed by atoms with Crippen LogP contribution in [0.25, 0.3) is 0 Å². The fourth-order valence-electron chi connectivity index (χ4n) is 1.90. The molecule has 2 rings (SSSR count). The Bertz CT molecular complexity index is 350. The summed E-state index contributed by atoms with van der Waals surface area (Å²) in [6.45, 7) is 1.54. The van der Waals surface area contributed by atoms with Crippen molar-refractivity contribution >= 4 is 22.6 Å². The van der Waals surface area contributed by atoms with Gasteiger partial charge in [0, 0.05) is 11.0 Å². The Morgan fingerprint density at radius 2 is 2.41 bits per heavy atom. The Kier molecular flexibility index (Phi) is 5.06. The maximum atomic E-state index is 6.06. The number of rotatable bonds is 5. The molecule has 1 aromatic rings. The quantitative estimate of drug-likeness (QED) is 0.605. The summed E-state index contributed by atoms with van der Waals surface area (Å²) in [4.78, 5) is 0. The van der Waals surface area contributed by atoms with Crippen molar-refractivity contribution in [1.82, 2.24) is 0 Å². The molecule has 2 unspecified atom stereocenters. The molecular weight excluding hydrogens is 331 g/mol. The van der Waals surface area contributed by atoms with Gasteiger partial charge in [0.2, 0.25) is 0 Å². The van der Waals surface area contributed by atoms with E-state index < -0.39 is 0 Å². The van der Waals surface area contributed by atoms with Gasteiger partial charge in [-0.3, -0.25) is 0 Å². The van der Waals surface area contributed by atoms with E-state index in [1.807, 2.05) is 18.2 Å². The monoisotopic (exact) mass is 348 g/mol. The van der Waals surface area contributed by atoms with Crippen molar-refractivity contribution in [2.45, 2.75) is 18.6 Å². The first kappa shape index (κ1) is 13.1. The largest absolute Gasteiger partial charge is 0.497 e. The van der Waals surface area contributed by atoms with Gasteiger partial charge in [-0.1, -0.05) is 34.7 Å². The van der Waals surface area contributed by atoms with E-state index in [0.29, 0.717) is 0 Å². The van der Waals surface area contributed by atoms with Gasteiger partial charge in [-0.2, -0.15) is 0 Å². The van der Waals surface area contributed by atoms with Gasteiger partial charge in [0.1, 0.15) is 5.75 Å². The van der Waals surface area contributed by atoms with Gasteiger partial charge in [0.25, 0.3) is 0 Å². The Hall–Kier alpha value is -0.330. The van der Waals surface area contributed by atoms with Crippen molar-refractivity contribution < 1.29 is 14.2 Å². The maximum Gasteiger partial charge on any atom is 0.119 e. The van der Waals surface area contributed by atoms with Crippen LogP contribution >= 0.6 is 22.6 Å². The lowest BCUT2D eigenvalue weighted by atomic mass is 10.1. The predicted molar refractivity (Wildman–Crippen MR) is 74.9 cm³/mol. The molecule has 0 aromatic heterocycles. The molecule has 0 amide bonds. The lowest BCUT2D eigenvalue weighted by Gasteiger charge is -2.20. The van der Waals surface area contributed by atoms with E-state index >= 15 is 0 Å². The normalized spacial score (nSPS) is 21.4. The highest BCUT2D eigenvalue weighted by Crippen LogP contribution is 2.26. The molecule has 3 nitrogen and oxygen atoms in total. The zero-order valence-corrected chi connectivity index (χ0v) is 12.1. The highest BCUT2D eigenvalue weighted by molar-refractivity contribution is 14.1. The van der Waals surface area contributed by atoms with Gasteiger partial charge in [-0.15, -0.1) is 0 Å². The minimum absolute atomic E-state index is 0.123. The SMILES string of the molecule is COc1cccc(C(CI)OC2CCOC2)c1. The minimum atomic E-state index is 0.123. The molecule has 1 aliphatic rings. The Morgan fingerprint density at radius 3 is 3.06 bits per heavy atom. The van der Waals surface area contributed by atoms with E-state index in [2.05, 4.69) is 28.7 Å². The lowest BCUT2D eigenvalue weighted by molar-refractivity contribution is -0.00391. The number of ether oxygens (including phenoxy) is 3. The summed E-state index contributed by atoms with van der Waals surface area (Å²) in [5.41, 5.74) is 1.17. The van der Waals surface area contributed by atoms with E-state index in [-0.39, 0.29) is 12.2 Å². The average molecular weight is 348 g/mol. The smallest absolute Gasteiger partial charge is 0.119 e. The van der Waals surface area contributed by atoms with E-state index in [9.17, 15) is 0 Å². The van der Waals surface area contributed by atoms with Crippen LogP contribution in [0.2, 0.25) is 0 Å². The highest BCUT2D eigenvalue weighted by Gasteiger charge is 2.21. The summed E-state index contributed by atoms with van der Waals surface area (Å²) >= 11 is 2.36. The molecule has 1 saturated heterocycles. The zero-order valence-electron chi connectivity index (χ0n) is 9.90. The standard InChI is InChI=1S/C13H17IO3/c1-15-11-4-2-3-10(7-11)13(8-14)17-12-5-6-16-9-12/h2-4,7,12-13H,5-6,8-9H2,1H3. The molecule has 0 N–H and O–H groups in total. The first-order chi connectivity index (χ1) is 8.33. The summed E-state index contributed by atoms with van der Waals surface area (Å²) in [6.07, 6.45) is 1.36. The van der Waals surface area contributed by atoms with Gasteiger partial charge >= 0.3 is 0 Å². The molecule has 0 bridgehead atoms. The Labute approximate surface area is 116 Å². The number of halogens is 1. The van der Waals surface area contributed by atoms with Crippen molar-refractivity contribution in [3.05, 3.63) is 29.8 Å². The first-order valence-electron chi connectivity index (χ1n) is 5.76.